The molecule has 4 aromatic rings. The van der Waals surface area contributed by atoms with Crippen LogP contribution in [0.3, 0.4) is 0 Å². The summed E-state index contributed by atoms with van der Waals surface area (Å²) in [7, 11) is -3.68. The summed E-state index contributed by atoms with van der Waals surface area (Å²) in [6, 6.07) is 19.5. The molecule has 0 radical (unpaired) electrons. The molecule has 11 heteroatoms. The van der Waals surface area contributed by atoms with E-state index in [4.69, 9.17) is 0 Å². The smallest absolute Gasteiger partial charge is 0.270 e. The Bertz CT molecular complexity index is 1370. The number of nitrogens with one attached hydrogen (secondary N) is 2. The van der Waals surface area contributed by atoms with E-state index in [-0.39, 0.29) is 10.6 Å². The number of anilines is 3. The number of nitro groups is 1. The summed E-state index contributed by atoms with van der Waals surface area (Å²) in [5.74, 6) is 0. The third-order valence-electron chi connectivity index (χ3n) is 4.45. The van der Waals surface area contributed by atoms with Gasteiger partial charge in [-0.25, -0.2) is 8.42 Å². The van der Waals surface area contributed by atoms with E-state index in [9.17, 15) is 18.5 Å². The Hall–Kier alpha value is -3.83. The molecular formula is C21H17N5O4S2. The van der Waals surface area contributed by atoms with E-state index in [1.54, 1.807) is 60.7 Å². The zero-order valence-corrected chi connectivity index (χ0v) is 18.4. The zero-order valence-electron chi connectivity index (χ0n) is 16.7. The Morgan fingerprint density at radius 3 is 2.31 bits per heavy atom. The average molecular weight is 468 g/mol. The number of aromatic nitrogens is 2. The molecule has 0 unspecified atom stereocenters. The van der Waals surface area contributed by atoms with E-state index in [1.807, 2.05) is 6.92 Å². The van der Waals surface area contributed by atoms with Crippen molar-refractivity contribution in [3.05, 3.63) is 88.5 Å². The lowest BCUT2D eigenvalue weighted by molar-refractivity contribution is -0.384. The normalized spacial score (nSPS) is 11.2. The number of benzene rings is 3. The molecule has 1 heterocycles. The topological polar surface area (TPSA) is 127 Å². The Labute approximate surface area is 188 Å². The summed E-state index contributed by atoms with van der Waals surface area (Å²) in [5.41, 5.74) is 2.67. The van der Waals surface area contributed by atoms with Crippen LogP contribution in [0.1, 0.15) is 5.56 Å². The van der Waals surface area contributed by atoms with Crippen LogP contribution >= 0.6 is 11.3 Å². The summed E-state index contributed by atoms with van der Waals surface area (Å²) >= 11 is 1.25. The fraction of sp³-hybridized carbons (Fsp3) is 0.0476. The van der Waals surface area contributed by atoms with Crippen LogP contribution in [0.2, 0.25) is 0 Å². The second-order valence-corrected chi connectivity index (χ2v) is 9.50. The first-order chi connectivity index (χ1) is 15.3. The van der Waals surface area contributed by atoms with E-state index in [0.29, 0.717) is 27.1 Å². The molecule has 0 aliphatic rings. The first-order valence-electron chi connectivity index (χ1n) is 9.35. The molecule has 2 N–H and O–H groups in total. The fourth-order valence-electron chi connectivity index (χ4n) is 2.82. The van der Waals surface area contributed by atoms with Crippen LogP contribution in [-0.4, -0.2) is 23.5 Å². The number of aryl methyl sites for hydroxylation is 1. The maximum absolute atomic E-state index is 12.5. The number of nitro benzene ring substituents is 1. The SMILES string of the molecule is Cc1ccc(S(=O)(=O)Nc2ccc(Nc3nnc(-c4cccc([N+](=O)[O-])c4)s3)cc2)cc1. The lowest BCUT2D eigenvalue weighted by Crippen LogP contribution is -2.12. The molecule has 0 fully saturated rings. The second-order valence-electron chi connectivity index (χ2n) is 6.84. The van der Waals surface area contributed by atoms with Gasteiger partial charge >= 0.3 is 0 Å². The predicted octanol–water partition coefficient (Wildman–Crippen LogP) is 4.97. The Kier molecular flexibility index (Phi) is 5.84. The molecular weight excluding hydrogens is 450 g/mol. The predicted molar refractivity (Wildman–Crippen MR) is 124 cm³/mol. The minimum absolute atomic E-state index is 0.0177. The summed E-state index contributed by atoms with van der Waals surface area (Å²) in [6.45, 7) is 1.89. The number of hydrogen-bond donors (Lipinski definition) is 2. The highest BCUT2D eigenvalue weighted by molar-refractivity contribution is 7.92. The molecule has 0 saturated carbocycles. The van der Waals surface area contributed by atoms with Crippen LogP contribution < -0.4 is 10.0 Å². The van der Waals surface area contributed by atoms with Gasteiger partial charge in [0, 0.05) is 29.1 Å². The van der Waals surface area contributed by atoms with Gasteiger partial charge in [0.2, 0.25) is 5.13 Å². The highest BCUT2D eigenvalue weighted by Gasteiger charge is 2.14. The first-order valence-corrected chi connectivity index (χ1v) is 11.6. The highest BCUT2D eigenvalue weighted by Crippen LogP contribution is 2.30. The van der Waals surface area contributed by atoms with Gasteiger partial charge in [0.15, 0.2) is 0 Å². The summed E-state index contributed by atoms with van der Waals surface area (Å²) in [5, 5.41) is 23.2. The van der Waals surface area contributed by atoms with Crippen molar-refractivity contribution < 1.29 is 13.3 Å². The first kappa shape index (κ1) is 21.4. The van der Waals surface area contributed by atoms with Crippen molar-refractivity contribution in [2.24, 2.45) is 0 Å². The number of sulfonamides is 1. The van der Waals surface area contributed by atoms with Gasteiger partial charge in [-0.1, -0.05) is 41.2 Å². The molecule has 0 aliphatic carbocycles. The molecule has 162 valence electrons. The number of rotatable bonds is 7. The monoisotopic (exact) mass is 467 g/mol. The third-order valence-corrected chi connectivity index (χ3v) is 6.73. The maximum Gasteiger partial charge on any atom is 0.270 e. The average Bonchev–Trinajstić information content (AvgIpc) is 3.24. The molecule has 0 atom stereocenters. The molecule has 0 bridgehead atoms. The van der Waals surface area contributed by atoms with Crippen molar-refractivity contribution >= 4 is 43.6 Å². The van der Waals surface area contributed by atoms with E-state index < -0.39 is 14.9 Å². The van der Waals surface area contributed by atoms with Crippen LogP contribution in [0.15, 0.2) is 77.7 Å². The van der Waals surface area contributed by atoms with Crippen LogP contribution in [-0.2, 0) is 10.0 Å². The largest absolute Gasteiger partial charge is 0.330 e. The highest BCUT2D eigenvalue weighted by atomic mass is 32.2. The summed E-state index contributed by atoms with van der Waals surface area (Å²) in [6.07, 6.45) is 0. The third kappa shape index (κ3) is 4.90. The summed E-state index contributed by atoms with van der Waals surface area (Å²) < 4.78 is 27.6. The van der Waals surface area contributed by atoms with Gasteiger partial charge in [-0.15, -0.1) is 10.2 Å². The molecule has 0 saturated heterocycles. The van der Waals surface area contributed by atoms with Crippen LogP contribution in [0.4, 0.5) is 22.2 Å². The minimum Gasteiger partial charge on any atom is -0.330 e. The van der Waals surface area contributed by atoms with E-state index in [2.05, 4.69) is 20.2 Å². The Balaban J connectivity index is 1.45. The molecule has 0 spiro atoms. The van der Waals surface area contributed by atoms with Crippen molar-refractivity contribution in [1.29, 1.82) is 0 Å². The molecule has 0 aliphatic heterocycles. The second kappa shape index (κ2) is 8.73. The molecule has 9 nitrogen and oxygen atoms in total. The lowest BCUT2D eigenvalue weighted by Gasteiger charge is -2.09. The molecule has 3 aromatic carbocycles. The Morgan fingerprint density at radius 2 is 1.62 bits per heavy atom. The van der Waals surface area contributed by atoms with Gasteiger partial charge in [-0.05, 0) is 43.3 Å². The minimum atomic E-state index is -3.68. The van der Waals surface area contributed by atoms with E-state index in [1.165, 1.54) is 23.5 Å². The van der Waals surface area contributed by atoms with Crippen LogP contribution in [0.5, 0.6) is 0 Å². The van der Waals surface area contributed by atoms with Crippen molar-refractivity contribution in [2.45, 2.75) is 11.8 Å². The van der Waals surface area contributed by atoms with Gasteiger partial charge < -0.3 is 5.32 Å². The van der Waals surface area contributed by atoms with Crippen LogP contribution in [0, 0.1) is 17.0 Å². The van der Waals surface area contributed by atoms with Gasteiger partial charge in [-0.3, -0.25) is 14.8 Å². The van der Waals surface area contributed by atoms with Gasteiger partial charge in [0.05, 0.1) is 9.82 Å². The van der Waals surface area contributed by atoms with Crippen molar-refractivity contribution in [3.63, 3.8) is 0 Å². The van der Waals surface area contributed by atoms with Crippen molar-refractivity contribution in [2.75, 3.05) is 10.0 Å². The number of hydrogen-bond acceptors (Lipinski definition) is 8. The van der Waals surface area contributed by atoms with Gasteiger partial charge in [0.25, 0.3) is 15.7 Å². The van der Waals surface area contributed by atoms with E-state index in [0.717, 1.165) is 5.56 Å². The molecule has 0 amide bonds. The number of nitrogens with zero attached hydrogens (tertiary/aromatic N) is 3. The fourth-order valence-corrected chi connectivity index (χ4v) is 4.64. The van der Waals surface area contributed by atoms with Crippen LogP contribution in [0.25, 0.3) is 10.6 Å². The quantitative estimate of drug-likeness (QED) is 0.290. The standard InChI is InChI=1S/C21H17N5O4S2/c1-14-5-11-19(12-6-14)32(29,30)25-17-9-7-16(8-10-17)22-21-24-23-20(31-21)15-3-2-4-18(13-15)26(27)28/h2-13,25H,1H3,(H,22,24). The Morgan fingerprint density at radius 1 is 0.938 bits per heavy atom. The van der Waals surface area contributed by atoms with Crippen molar-refractivity contribution in [1.82, 2.24) is 10.2 Å². The van der Waals surface area contributed by atoms with E-state index >= 15 is 0 Å². The maximum atomic E-state index is 12.5. The number of non-ortho nitro benzene ring substituents is 1. The van der Waals surface area contributed by atoms with Gasteiger partial charge in [-0.2, -0.15) is 0 Å². The lowest BCUT2D eigenvalue weighted by atomic mass is 10.2. The molecule has 1 aromatic heterocycles. The van der Waals surface area contributed by atoms with Crippen molar-refractivity contribution in [3.8, 4) is 10.6 Å². The zero-order chi connectivity index (χ0) is 22.7. The molecule has 4 rings (SSSR count). The molecule has 32 heavy (non-hydrogen) atoms. The van der Waals surface area contributed by atoms with Gasteiger partial charge in [0.1, 0.15) is 5.01 Å². The summed E-state index contributed by atoms with van der Waals surface area (Å²) in [4.78, 5) is 10.7.